The van der Waals surface area contributed by atoms with E-state index in [1.54, 1.807) is 0 Å². The van der Waals surface area contributed by atoms with E-state index in [1.807, 2.05) is 44.3 Å². The number of benzene rings is 1. The number of carbonyl (C=O) groups is 1. The summed E-state index contributed by atoms with van der Waals surface area (Å²) in [5.74, 6) is 0.539. The Hall–Kier alpha value is -1.43. The molecule has 0 aliphatic carbocycles. The van der Waals surface area contributed by atoms with Crippen molar-refractivity contribution in [3.63, 3.8) is 0 Å². The highest BCUT2D eigenvalue weighted by molar-refractivity contribution is 5.77. The zero-order valence-corrected chi connectivity index (χ0v) is 15.3. The number of nitrogens with zero attached hydrogens (tertiary/aromatic N) is 2. The monoisotopic (exact) mass is 346 g/mol. The van der Waals surface area contributed by atoms with Crippen LogP contribution >= 0.6 is 0 Å². The van der Waals surface area contributed by atoms with E-state index in [1.165, 1.54) is 0 Å². The maximum atomic E-state index is 11.9. The van der Waals surface area contributed by atoms with Crippen molar-refractivity contribution in [1.82, 2.24) is 9.80 Å². The Morgan fingerprint density at radius 3 is 2.56 bits per heavy atom. The van der Waals surface area contributed by atoms with E-state index in [0.29, 0.717) is 12.5 Å². The summed E-state index contributed by atoms with van der Waals surface area (Å²) in [5.41, 5.74) is 0.984. The van der Waals surface area contributed by atoms with Gasteiger partial charge in [-0.15, -0.1) is 0 Å². The number of hydrogen-bond acceptors (Lipinski definition) is 5. The van der Waals surface area contributed by atoms with Gasteiger partial charge in [0, 0.05) is 19.5 Å². The molecule has 0 spiro atoms. The van der Waals surface area contributed by atoms with Gasteiger partial charge in [0.15, 0.2) is 0 Å². The first kappa shape index (κ1) is 18.4. The smallest absolute Gasteiger partial charge is 0.323 e. The second-order valence-corrected chi connectivity index (χ2v) is 7.61. The second-order valence-electron chi connectivity index (χ2n) is 7.61. The molecular weight excluding hydrogens is 316 g/mol. The third kappa shape index (κ3) is 4.81. The highest BCUT2D eigenvalue weighted by Gasteiger charge is 2.35. The quantitative estimate of drug-likeness (QED) is 0.799. The van der Waals surface area contributed by atoms with Crippen molar-refractivity contribution >= 4 is 5.97 Å². The molecule has 1 aromatic carbocycles. The number of aliphatic hydroxyl groups excluding tert-OH is 1. The van der Waals surface area contributed by atoms with Crippen LogP contribution in [0.1, 0.15) is 37.9 Å². The molecule has 25 heavy (non-hydrogen) atoms. The van der Waals surface area contributed by atoms with Crippen molar-refractivity contribution in [1.29, 1.82) is 0 Å². The van der Waals surface area contributed by atoms with Crippen LogP contribution in [0, 0.1) is 5.92 Å². The molecule has 5 nitrogen and oxygen atoms in total. The van der Waals surface area contributed by atoms with Gasteiger partial charge in [-0.25, -0.2) is 0 Å². The molecular formula is C20H30N2O3. The maximum Gasteiger partial charge on any atom is 0.323 e. The molecule has 3 rings (SSSR count). The molecule has 0 saturated carbocycles. The zero-order chi connectivity index (χ0) is 17.8. The predicted octanol–water partition coefficient (Wildman–Crippen LogP) is 2.07. The summed E-state index contributed by atoms with van der Waals surface area (Å²) < 4.78 is 5.27. The Morgan fingerprint density at radius 2 is 1.96 bits per heavy atom. The standard InChI is InChI=1S/C20H30N2O3/c1-15-12-18(20(24)25-15)21(2)13-16-8-10-22(11-9-16)14-19(23)17-6-4-3-5-7-17/h3-7,15-16,18-19,23H,8-14H2,1-2H3/t15-,18+,19+/m1/s1. The van der Waals surface area contributed by atoms with Crippen LogP contribution in [0.3, 0.4) is 0 Å². The number of rotatable bonds is 6. The fourth-order valence-electron chi connectivity index (χ4n) is 4.01. The molecule has 5 heteroatoms. The molecule has 2 fully saturated rings. The Labute approximate surface area is 150 Å². The number of aliphatic hydroxyl groups is 1. The molecule has 0 amide bonds. The van der Waals surface area contributed by atoms with Gasteiger partial charge >= 0.3 is 5.97 Å². The summed E-state index contributed by atoms with van der Waals surface area (Å²) in [7, 11) is 2.04. The lowest BCUT2D eigenvalue weighted by molar-refractivity contribution is -0.144. The predicted molar refractivity (Wildman–Crippen MR) is 97.2 cm³/mol. The van der Waals surface area contributed by atoms with Gasteiger partial charge in [0.05, 0.1) is 6.10 Å². The lowest BCUT2D eigenvalue weighted by Gasteiger charge is -2.35. The summed E-state index contributed by atoms with van der Waals surface area (Å²) in [5, 5.41) is 10.4. The third-order valence-corrected chi connectivity index (χ3v) is 5.55. The van der Waals surface area contributed by atoms with E-state index in [0.717, 1.165) is 44.5 Å². The van der Waals surface area contributed by atoms with Crippen molar-refractivity contribution in [3.8, 4) is 0 Å². The molecule has 2 aliphatic heterocycles. The topological polar surface area (TPSA) is 53.0 Å². The van der Waals surface area contributed by atoms with E-state index < -0.39 is 6.10 Å². The molecule has 1 N–H and O–H groups in total. The second kappa shape index (κ2) is 8.30. The Bertz CT molecular complexity index is 557. The Kier molecular flexibility index (Phi) is 6.10. The van der Waals surface area contributed by atoms with Crippen LogP contribution in [0.5, 0.6) is 0 Å². The van der Waals surface area contributed by atoms with Crippen molar-refractivity contribution in [2.75, 3.05) is 33.2 Å². The summed E-state index contributed by atoms with van der Waals surface area (Å²) in [6.07, 6.45) is 2.65. The molecule has 2 saturated heterocycles. The summed E-state index contributed by atoms with van der Waals surface area (Å²) in [6.45, 7) is 5.62. The SMILES string of the molecule is C[C@@H]1C[C@H](N(C)CC2CCN(C[C@H](O)c3ccccc3)CC2)C(=O)O1. The largest absolute Gasteiger partial charge is 0.461 e. The Morgan fingerprint density at radius 1 is 1.28 bits per heavy atom. The number of carbonyl (C=O) groups excluding carboxylic acids is 1. The molecule has 138 valence electrons. The van der Waals surface area contributed by atoms with Gasteiger partial charge in [-0.2, -0.15) is 0 Å². The van der Waals surface area contributed by atoms with Crippen LogP contribution in [-0.4, -0.2) is 66.2 Å². The number of cyclic esters (lactones) is 1. The van der Waals surface area contributed by atoms with E-state index in [2.05, 4.69) is 9.80 Å². The van der Waals surface area contributed by atoms with Crippen molar-refractivity contribution in [2.24, 2.45) is 5.92 Å². The minimum atomic E-state index is -0.421. The van der Waals surface area contributed by atoms with Crippen LogP contribution < -0.4 is 0 Å². The Balaban J connectivity index is 1.42. The maximum absolute atomic E-state index is 11.9. The molecule has 2 aliphatic rings. The first-order valence-corrected chi connectivity index (χ1v) is 9.39. The zero-order valence-electron chi connectivity index (χ0n) is 15.3. The fourth-order valence-corrected chi connectivity index (χ4v) is 4.01. The summed E-state index contributed by atoms with van der Waals surface area (Å²) >= 11 is 0. The van der Waals surface area contributed by atoms with E-state index in [4.69, 9.17) is 4.74 Å². The number of esters is 1. The van der Waals surface area contributed by atoms with E-state index in [9.17, 15) is 9.90 Å². The number of ether oxygens (including phenoxy) is 1. The molecule has 0 bridgehead atoms. The summed E-state index contributed by atoms with van der Waals surface area (Å²) in [6, 6.07) is 9.79. The van der Waals surface area contributed by atoms with Crippen molar-refractivity contribution in [3.05, 3.63) is 35.9 Å². The van der Waals surface area contributed by atoms with E-state index >= 15 is 0 Å². The lowest BCUT2D eigenvalue weighted by atomic mass is 9.95. The highest BCUT2D eigenvalue weighted by atomic mass is 16.6. The van der Waals surface area contributed by atoms with Gasteiger partial charge < -0.3 is 14.7 Å². The first-order chi connectivity index (χ1) is 12.0. The molecule has 0 unspecified atom stereocenters. The number of hydrogen-bond donors (Lipinski definition) is 1. The fraction of sp³-hybridized carbons (Fsp3) is 0.650. The van der Waals surface area contributed by atoms with Crippen LogP contribution in [0.4, 0.5) is 0 Å². The average molecular weight is 346 g/mol. The van der Waals surface area contributed by atoms with Gasteiger partial charge in [-0.3, -0.25) is 9.69 Å². The van der Waals surface area contributed by atoms with E-state index in [-0.39, 0.29) is 18.1 Å². The minimum Gasteiger partial charge on any atom is -0.461 e. The molecule has 0 aromatic heterocycles. The number of β-amino-alcohol motifs (C(OH)–C–C–N with tert-alkyl or cyclic N) is 1. The minimum absolute atomic E-state index is 0.0428. The van der Waals surface area contributed by atoms with Crippen LogP contribution in [-0.2, 0) is 9.53 Å². The molecule has 0 radical (unpaired) electrons. The normalized spacial score (nSPS) is 26.8. The van der Waals surface area contributed by atoms with Crippen LogP contribution in [0.2, 0.25) is 0 Å². The number of piperidine rings is 1. The molecule has 2 heterocycles. The highest BCUT2D eigenvalue weighted by Crippen LogP contribution is 2.24. The summed E-state index contributed by atoms with van der Waals surface area (Å²) in [4.78, 5) is 16.4. The molecule has 1 aromatic rings. The van der Waals surface area contributed by atoms with Crippen molar-refractivity contribution in [2.45, 2.75) is 44.4 Å². The lowest BCUT2D eigenvalue weighted by Crippen LogP contribution is -2.43. The van der Waals surface area contributed by atoms with Crippen molar-refractivity contribution < 1.29 is 14.6 Å². The number of likely N-dealkylation sites (tertiary alicyclic amines) is 1. The molecule has 3 atom stereocenters. The number of likely N-dealkylation sites (N-methyl/N-ethyl adjacent to an activating group) is 1. The van der Waals surface area contributed by atoms with Gasteiger partial charge in [0.1, 0.15) is 12.1 Å². The van der Waals surface area contributed by atoms with Gasteiger partial charge in [-0.05, 0) is 51.4 Å². The average Bonchev–Trinajstić information content (AvgIpc) is 2.96. The first-order valence-electron chi connectivity index (χ1n) is 9.39. The van der Waals surface area contributed by atoms with Crippen LogP contribution in [0.25, 0.3) is 0 Å². The third-order valence-electron chi connectivity index (χ3n) is 5.55. The van der Waals surface area contributed by atoms with Gasteiger partial charge in [0.2, 0.25) is 0 Å². The van der Waals surface area contributed by atoms with Gasteiger partial charge in [0.25, 0.3) is 0 Å². The van der Waals surface area contributed by atoms with Gasteiger partial charge in [-0.1, -0.05) is 30.3 Å². The van der Waals surface area contributed by atoms with Crippen LogP contribution in [0.15, 0.2) is 30.3 Å².